The van der Waals surface area contributed by atoms with Crippen LogP contribution in [0.15, 0.2) is 29.3 Å². The number of hydrogen-bond acceptors (Lipinski definition) is 9. The topological polar surface area (TPSA) is 116 Å². The predicted octanol–water partition coefficient (Wildman–Crippen LogP) is 3.41. The number of aromatic nitrogens is 4. The number of rotatable bonds is 8. The number of aliphatic hydroxyl groups excluding tert-OH is 1. The molecule has 0 amide bonds. The first-order valence-electron chi connectivity index (χ1n) is 14.7. The lowest BCUT2D eigenvalue weighted by molar-refractivity contribution is 0.0454. The number of nitrogens with zero attached hydrogens (tertiary/aromatic N) is 6. The molecule has 2 aliphatic carbocycles. The molecular formula is C30H39N7O3. The molecule has 10 nitrogen and oxygen atoms in total. The van der Waals surface area contributed by atoms with Gasteiger partial charge in [0.15, 0.2) is 5.78 Å². The number of anilines is 2. The smallest absolute Gasteiger partial charge is 0.263 e. The molecule has 3 aromatic heterocycles. The van der Waals surface area contributed by atoms with Crippen molar-refractivity contribution in [2.45, 2.75) is 70.4 Å². The maximum atomic E-state index is 13.4. The van der Waals surface area contributed by atoms with E-state index >= 15 is 0 Å². The Bertz CT molecular complexity index is 1430. The van der Waals surface area contributed by atoms with Crippen molar-refractivity contribution >= 4 is 28.6 Å². The van der Waals surface area contributed by atoms with Crippen LogP contribution in [0.25, 0.3) is 11.0 Å². The van der Waals surface area contributed by atoms with Crippen LogP contribution in [-0.4, -0.2) is 85.6 Å². The lowest BCUT2D eigenvalue weighted by Gasteiger charge is -2.46. The minimum atomic E-state index is -0.248. The fraction of sp³-hybridized carbons (Fsp3) is 0.567. The van der Waals surface area contributed by atoms with Gasteiger partial charge in [-0.3, -0.25) is 24.0 Å². The summed E-state index contributed by atoms with van der Waals surface area (Å²) >= 11 is 0. The minimum absolute atomic E-state index is 0.0459. The predicted molar refractivity (Wildman–Crippen MR) is 154 cm³/mol. The first-order valence-corrected chi connectivity index (χ1v) is 14.7. The van der Waals surface area contributed by atoms with E-state index in [9.17, 15) is 9.59 Å². The molecule has 0 atom stereocenters. The van der Waals surface area contributed by atoms with Crippen LogP contribution in [0.1, 0.15) is 78.9 Å². The van der Waals surface area contributed by atoms with Gasteiger partial charge in [-0.05, 0) is 62.6 Å². The van der Waals surface area contributed by atoms with Gasteiger partial charge in [-0.25, -0.2) is 9.97 Å². The molecule has 6 rings (SSSR count). The number of Topliss-reactive ketones (excluding diaryl/α,β-unsaturated/α-hetero) is 1. The molecule has 10 heteroatoms. The Kier molecular flexibility index (Phi) is 7.65. The molecule has 0 aromatic carbocycles. The number of β-amino-alcohol motifs (C(OH)–C–C–N with tert-alkyl or cyclic N) is 1. The Morgan fingerprint density at radius 1 is 1.05 bits per heavy atom. The molecule has 1 aliphatic heterocycles. The van der Waals surface area contributed by atoms with Crippen molar-refractivity contribution in [1.29, 1.82) is 0 Å². The van der Waals surface area contributed by atoms with Crippen molar-refractivity contribution in [1.82, 2.24) is 29.3 Å². The first kappa shape index (κ1) is 27.0. The third-order valence-corrected chi connectivity index (χ3v) is 9.20. The number of carbonyl (C=O) groups excluding carboxylic acids is 1. The number of carbonyl (C=O) groups is 1. The van der Waals surface area contributed by atoms with E-state index in [0.29, 0.717) is 34.9 Å². The second-order valence-electron chi connectivity index (χ2n) is 11.6. The van der Waals surface area contributed by atoms with Gasteiger partial charge in [-0.15, -0.1) is 0 Å². The van der Waals surface area contributed by atoms with Crippen LogP contribution in [0.5, 0.6) is 0 Å². The van der Waals surface area contributed by atoms with E-state index in [2.05, 4.69) is 31.2 Å². The Labute approximate surface area is 234 Å². The molecule has 3 fully saturated rings. The van der Waals surface area contributed by atoms with Gasteiger partial charge in [-0.1, -0.05) is 18.9 Å². The van der Waals surface area contributed by atoms with Gasteiger partial charge in [0.1, 0.15) is 11.5 Å². The Morgan fingerprint density at radius 2 is 1.80 bits per heavy atom. The number of hydrogen-bond donors (Lipinski definition) is 2. The summed E-state index contributed by atoms with van der Waals surface area (Å²) in [6, 6.07) is 4.78. The maximum Gasteiger partial charge on any atom is 0.263 e. The lowest BCUT2D eigenvalue weighted by atomic mass is 9.75. The zero-order valence-electron chi connectivity index (χ0n) is 23.5. The van der Waals surface area contributed by atoms with E-state index in [0.717, 1.165) is 76.6 Å². The van der Waals surface area contributed by atoms with Crippen LogP contribution in [0.4, 0.5) is 11.8 Å². The van der Waals surface area contributed by atoms with Gasteiger partial charge < -0.3 is 10.4 Å². The molecule has 0 bridgehead atoms. The van der Waals surface area contributed by atoms with Crippen LogP contribution in [0.3, 0.4) is 0 Å². The van der Waals surface area contributed by atoms with E-state index in [1.807, 2.05) is 12.3 Å². The van der Waals surface area contributed by atoms with E-state index in [-0.39, 0.29) is 29.6 Å². The Morgan fingerprint density at radius 3 is 2.45 bits per heavy atom. The van der Waals surface area contributed by atoms with Crippen molar-refractivity contribution in [3.05, 3.63) is 51.6 Å². The van der Waals surface area contributed by atoms with Crippen LogP contribution in [0.2, 0.25) is 0 Å². The van der Waals surface area contributed by atoms with Gasteiger partial charge in [0.25, 0.3) is 5.56 Å². The number of nitrogens with one attached hydrogen (secondary N) is 1. The number of ketones is 1. The van der Waals surface area contributed by atoms with E-state index < -0.39 is 0 Å². The highest BCUT2D eigenvalue weighted by Crippen LogP contribution is 2.40. The number of aryl methyl sites for hydroxylation is 1. The van der Waals surface area contributed by atoms with Crippen LogP contribution >= 0.6 is 0 Å². The van der Waals surface area contributed by atoms with Crippen molar-refractivity contribution in [3.63, 3.8) is 0 Å². The molecule has 212 valence electrons. The molecule has 2 saturated carbocycles. The molecule has 0 unspecified atom stereocenters. The largest absolute Gasteiger partial charge is 0.395 e. The number of pyridine rings is 2. The molecule has 40 heavy (non-hydrogen) atoms. The van der Waals surface area contributed by atoms with E-state index in [1.165, 1.54) is 12.5 Å². The van der Waals surface area contributed by atoms with Gasteiger partial charge in [-0.2, -0.15) is 4.98 Å². The highest BCUT2D eigenvalue weighted by atomic mass is 16.3. The zero-order valence-corrected chi connectivity index (χ0v) is 23.5. The molecule has 3 aliphatic rings. The van der Waals surface area contributed by atoms with E-state index in [1.54, 1.807) is 17.7 Å². The second kappa shape index (κ2) is 11.3. The summed E-state index contributed by atoms with van der Waals surface area (Å²) < 4.78 is 1.73. The van der Waals surface area contributed by atoms with Crippen molar-refractivity contribution in [2.24, 2.45) is 0 Å². The molecule has 3 aromatic rings. The third kappa shape index (κ3) is 5.15. The Balaban J connectivity index is 1.15. The summed E-state index contributed by atoms with van der Waals surface area (Å²) in [5.74, 6) is 1.35. The molecule has 2 N–H and O–H groups in total. The summed E-state index contributed by atoms with van der Waals surface area (Å²) in [6.45, 7) is 8.49. The fourth-order valence-corrected chi connectivity index (χ4v) is 6.80. The molecule has 0 radical (unpaired) electrons. The van der Waals surface area contributed by atoms with Crippen LogP contribution in [-0.2, 0) is 0 Å². The van der Waals surface area contributed by atoms with E-state index in [4.69, 9.17) is 10.1 Å². The van der Waals surface area contributed by atoms with Gasteiger partial charge in [0, 0.05) is 62.6 Å². The first-order chi connectivity index (χ1) is 19.4. The third-order valence-electron chi connectivity index (χ3n) is 9.20. The second-order valence-corrected chi connectivity index (χ2v) is 11.6. The lowest BCUT2D eigenvalue weighted by Crippen LogP contribution is -2.53. The van der Waals surface area contributed by atoms with Gasteiger partial charge in [0.05, 0.1) is 12.2 Å². The highest BCUT2D eigenvalue weighted by Gasteiger charge is 2.36. The zero-order chi connectivity index (χ0) is 27.8. The SMILES string of the molecule is CC(=O)c1c(C)c2cnc(Nc3ccc(C4CC(N5CCN(CCO)CC5)C4)cn3)nc2n(C2CCCC2)c1=O. The molecule has 4 heterocycles. The van der Waals surface area contributed by atoms with Gasteiger partial charge in [0.2, 0.25) is 5.95 Å². The normalized spacial score (nSPS) is 22.5. The van der Waals surface area contributed by atoms with Crippen molar-refractivity contribution in [3.8, 4) is 0 Å². The fourth-order valence-electron chi connectivity index (χ4n) is 6.80. The summed E-state index contributed by atoms with van der Waals surface area (Å²) in [7, 11) is 0. The molecule has 1 saturated heterocycles. The Hall–Kier alpha value is -3.21. The average molecular weight is 546 g/mol. The van der Waals surface area contributed by atoms with Gasteiger partial charge >= 0.3 is 0 Å². The monoisotopic (exact) mass is 545 g/mol. The number of fused-ring (bicyclic) bond motifs is 1. The van der Waals surface area contributed by atoms with Crippen LogP contribution < -0.4 is 10.9 Å². The number of aliphatic hydroxyl groups is 1. The number of piperazine rings is 1. The summed E-state index contributed by atoms with van der Waals surface area (Å²) in [5, 5.41) is 13.1. The minimum Gasteiger partial charge on any atom is -0.395 e. The van der Waals surface area contributed by atoms with Crippen LogP contribution in [0, 0.1) is 6.92 Å². The quantitative estimate of drug-likeness (QED) is 0.411. The highest BCUT2D eigenvalue weighted by molar-refractivity contribution is 5.99. The molecular weight excluding hydrogens is 506 g/mol. The summed E-state index contributed by atoms with van der Waals surface area (Å²) in [4.78, 5) is 44.6. The van der Waals surface area contributed by atoms with Crippen molar-refractivity contribution < 1.29 is 9.90 Å². The standard InChI is InChI=1S/C30H39N7O3/c1-19-25-18-32-30(34-28(25)37(23-5-3-4-6-23)29(40)27(19)20(2)39)33-26-8-7-21(17-31-26)22-15-24(16-22)36-11-9-35(10-12-36)13-14-38/h7-8,17-18,22-24,38H,3-6,9-16H2,1-2H3,(H,31,32,33,34). The maximum absolute atomic E-state index is 13.4. The molecule has 0 spiro atoms. The average Bonchev–Trinajstić information content (AvgIpc) is 3.44. The summed E-state index contributed by atoms with van der Waals surface area (Å²) in [5.41, 5.74) is 2.46. The van der Waals surface area contributed by atoms with Crippen molar-refractivity contribution in [2.75, 3.05) is 44.6 Å². The summed E-state index contributed by atoms with van der Waals surface area (Å²) in [6.07, 6.45) is 9.92.